The van der Waals surface area contributed by atoms with Gasteiger partial charge in [0.1, 0.15) is 12.2 Å². The summed E-state index contributed by atoms with van der Waals surface area (Å²) in [5, 5.41) is 29.2. The summed E-state index contributed by atoms with van der Waals surface area (Å²) in [5.41, 5.74) is 0.906. The van der Waals surface area contributed by atoms with Crippen LogP contribution < -0.4 is 4.74 Å². The molecule has 7 heteroatoms. The SMILES string of the molecule is Cc1cn2cccc(O[C@@H]3SC[C@@H](O)[C@H](O)[C@H]3O)c2n1. The lowest BCUT2D eigenvalue weighted by atomic mass is 10.1. The number of thioether (sulfide) groups is 1. The van der Waals surface area contributed by atoms with Gasteiger partial charge in [0.2, 0.25) is 0 Å². The third-order valence-electron chi connectivity index (χ3n) is 3.26. The zero-order valence-electron chi connectivity index (χ0n) is 10.9. The second-order valence-corrected chi connectivity index (χ2v) is 5.98. The van der Waals surface area contributed by atoms with Crippen molar-refractivity contribution in [2.75, 3.05) is 5.75 Å². The first-order valence-corrected chi connectivity index (χ1v) is 7.38. The Morgan fingerprint density at radius 3 is 2.95 bits per heavy atom. The van der Waals surface area contributed by atoms with Gasteiger partial charge in [-0.05, 0) is 19.1 Å². The van der Waals surface area contributed by atoms with Crippen LogP contribution >= 0.6 is 11.8 Å². The summed E-state index contributed by atoms with van der Waals surface area (Å²) in [6, 6.07) is 3.60. The van der Waals surface area contributed by atoms with Crippen LogP contribution in [0.1, 0.15) is 5.69 Å². The molecule has 20 heavy (non-hydrogen) atoms. The summed E-state index contributed by atoms with van der Waals surface area (Å²) in [6.07, 6.45) is 0.484. The molecule has 0 aromatic carbocycles. The highest BCUT2D eigenvalue weighted by Crippen LogP contribution is 2.30. The Hall–Kier alpha value is -1.28. The molecule has 2 aromatic heterocycles. The molecule has 0 aliphatic carbocycles. The molecule has 0 amide bonds. The molecule has 0 bridgehead atoms. The maximum absolute atomic E-state index is 9.96. The number of fused-ring (bicyclic) bond motifs is 1. The van der Waals surface area contributed by atoms with E-state index in [-0.39, 0.29) is 0 Å². The molecule has 6 nitrogen and oxygen atoms in total. The van der Waals surface area contributed by atoms with Gasteiger partial charge < -0.3 is 24.5 Å². The number of pyridine rings is 1. The molecule has 108 valence electrons. The Morgan fingerprint density at radius 2 is 2.15 bits per heavy atom. The molecule has 3 rings (SSSR count). The van der Waals surface area contributed by atoms with Gasteiger partial charge in [0.05, 0.1) is 11.8 Å². The minimum absolute atomic E-state index is 0.319. The van der Waals surface area contributed by atoms with Gasteiger partial charge in [-0.3, -0.25) is 0 Å². The van der Waals surface area contributed by atoms with E-state index in [1.807, 2.05) is 29.8 Å². The van der Waals surface area contributed by atoms with E-state index in [0.29, 0.717) is 17.1 Å². The first-order valence-electron chi connectivity index (χ1n) is 6.33. The third-order valence-corrected chi connectivity index (χ3v) is 4.50. The molecule has 3 N–H and O–H groups in total. The van der Waals surface area contributed by atoms with Gasteiger partial charge in [0.25, 0.3) is 0 Å². The number of hydrogen-bond donors (Lipinski definition) is 3. The molecule has 1 aliphatic rings. The van der Waals surface area contributed by atoms with Gasteiger partial charge in [-0.1, -0.05) is 0 Å². The van der Waals surface area contributed by atoms with Crippen molar-refractivity contribution >= 4 is 17.4 Å². The molecule has 0 unspecified atom stereocenters. The van der Waals surface area contributed by atoms with E-state index in [4.69, 9.17) is 4.74 Å². The van der Waals surface area contributed by atoms with E-state index < -0.39 is 23.7 Å². The molecule has 1 aliphatic heterocycles. The minimum atomic E-state index is -1.19. The van der Waals surface area contributed by atoms with Crippen LogP contribution in [0.15, 0.2) is 24.5 Å². The predicted octanol–water partition coefficient (Wildman–Crippen LogP) is 0.177. The lowest BCUT2D eigenvalue weighted by Gasteiger charge is -2.34. The standard InChI is InChI=1S/C13H16N2O4S/c1-7-5-15-4-2-3-9(12(15)14-7)19-13-11(18)10(17)8(16)6-20-13/h2-5,8,10-11,13,16-18H,6H2,1H3/t8-,10+,11-,13-/m1/s1. The fourth-order valence-electron chi connectivity index (χ4n) is 2.21. The molecule has 3 heterocycles. The highest BCUT2D eigenvalue weighted by Gasteiger charge is 2.38. The number of ether oxygens (including phenoxy) is 1. The third kappa shape index (κ3) is 2.37. The second kappa shape index (κ2) is 5.25. The Labute approximate surface area is 120 Å². The first kappa shape index (κ1) is 13.7. The number of aryl methyl sites for hydroxylation is 1. The largest absolute Gasteiger partial charge is 0.473 e. The van der Waals surface area contributed by atoms with Gasteiger partial charge in [-0.15, -0.1) is 11.8 Å². The van der Waals surface area contributed by atoms with Crippen molar-refractivity contribution in [2.24, 2.45) is 0 Å². The van der Waals surface area contributed by atoms with Crippen molar-refractivity contribution in [3.05, 3.63) is 30.2 Å². The fourth-order valence-corrected chi connectivity index (χ4v) is 3.32. The van der Waals surface area contributed by atoms with Crippen molar-refractivity contribution in [1.29, 1.82) is 0 Å². The number of rotatable bonds is 2. The average Bonchev–Trinajstić information content (AvgIpc) is 2.81. The maximum Gasteiger partial charge on any atom is 0.179 e. The number of hydrogen-bond acceptors (Lipinski definition) is 6. The second-order valence-electron chi connectivity index (χ2n) is 4.85. The lowest BCUT2D eigenvalue weighted by Crippen LogP contribution is -2.50. The monoisotopic (exact) mass is 296 g/mol. The van der Waals surface area contributed by atoms with Crippen molar-refractivity contribution in [3.8, 4) is 5.75 Å². The zero-order chi connectivity index (χ0) is 14.3. The highest BCUT2D eigenvalue weighted by atomic mass is 32.2. The van der Waals surface area contributed by atoms with E-state index in [2.05, 4.69) is 4.98 Å². The van der Waals surface area contributed by atoms with E-state index in [1.54, 1.807) is 6.07 Å². The van der Waals surface area contributed by atoms with Gasteiger partial charge in [0.15, 0.2) is 16.8 Å². The summed E-state index contributed by atoms with van der Waals surface area (Å²) in [5.74, 6) is 0.861. The van der Waals surface area contributed by atoms with E-state index in [1.165, 1.54) is 11.8 Å². The molecule has 1 saturated heterocycles. The molecule has 4 atom stereocenters. The Balaban J connectivity index is 1.86. The van der Waals surface area contributed by atoms with Gasteiger partial charge in [0, 0.05) is 18.1 Å². The number of aromatic nitrogens is 2. The average molecular weight is 296 g/mol. The predicted molar refractivity (Wildman–Crippen MR) is 74.8 cm³/mol. The lowest BCUT2D eigenvalue weighted by molar-refractivity contribution is -0.0784. The molecule has 0 radical (unpaired) electrons. The molecule has 0 saturated carbocycles. The smallest absolute Gasteiger partial charge is 0.179 e. The number of nitrogens with zero attached hydrogens (tertiary/aromatic N) is 2. The quantitative estimate of drug-likeness (QED) is 0.733. The zero-order valence-corrected chi connectivity index (χ0v) is 11.7. The first-order chi connectivity index (χ1) is 9.56. The van der Waals surface area contributed by atoms with Crippen LogP contribution in [0.5, 0.6) is 5.75 Å². The number of aliphatic hydroxyl groups excluding tert-OH is 3. The Bertz CT molecular complexity index is 617. The van der Waals surface area contributed by atoms with Crippen molar-refractivity contribution in [3.63, 3.8) is 0 Å². The maximum atomic E-state index is 9.96. The van der Waals surface area contributed by atoms with E-state index in [0.717, 1.165) is 5.69 Å². The van der Waals surface area contributed by atoms with Gasteiger partial charge in [-0.25, -0.2) is 4.98 Å². The van der Waals surface area contributed by atoms with Crippen molar-refractivity contribution in [2.45, 2.75) is 30.7 Å². The molecule has 0 spiro atoms. The number of imidazole rings is 1. The van der Waals surface area contributed by atoms with Crippen LogP contribution in [0.3, 0.4) is 0 Å². The molecule has 2 aromatic rings. The fraction of sp³-hybridized carbons (Fsp3) is 0.462. The normalized spacial score (nSPS) is 30.6. The van der Waals surface area contributed by atoms with E-state index in [9.17, 15) is 15.3 Å². The Kier molecular flexibility index (Phi) is 3.59. The van der Waals surface area contributed by atoms with Crippen LogP contribution in [0.25, 0.3) is 5.65 Å². The van der Waals surface area contributed by atoms with Crippen LogP contribution in [-0.2, 0) is 0 Å². The van der Waals surface area contributed by atoms with E-state index >= 15 is 0 Å². The van der Waals surface area contributed by atoms with Crippen molar-refractivity contribution in [1.82, 2.24) is 9.38 Å². The molecule has 1 fully saturated rings. The molecular weight excluding hydrogens is 280 g/mol. The van der Waals surface area contributed by atoms with Crippen LogP contribution in [0.2, 0.25) is 0 Å². The Morgan fingerprint density at radius 1 is 1.35 bits per heavy atom. The highest BCUT2D eigenvalue weighted by molar-refractivity contribution is 7.99. The molecular formula is C13H16N2O4S. The summed E-state index contributed by atoms with van der Waals surface area (Å²) in [6.45, 7) is 1.89. The van der Waals surface area contributed by atoms with Crippen LogP contribution in [0.4, 0.5) is 0 Å². The summed E-state index contributed by atoms with van der Waals surface area (Å²) in [4.78, 5) is 4.37. The van der Waals surface area contributed by atoms with Crippen LogP contribution in [0, 0.1) is 6.92 Å². The van der Waals surface area contributed by atoms with Crippen molar-refractivity contribution < 1.29 is 20.1 Å². The summed E-state index contributed by atoms with van der Waals surface area (Å²) < 4.78 is 7.61. The van der Waals surface area contributed by atoms with Gasteiger partial charge in [-0.2, -0.15) is 0 Å². The topological polar surface area (TPSA) is 87.2 Å². The van der Waals surface area contributed by atoms with Crippen LogP contribution in [-0.4, -0.2) is 54.2 Å². The summed E-state index contributed by atoms with van der Waals surface area (Å²) in [7, 11) is 0. The van der Waals surface area contributed by atoms with Gasteiger partial charge >= 0.3 is 0 Å². The number of aliphatic hydroxyl groups is 3. The minimum Gasteiger partial charge on any atom is -0.473 e. The summed E-state index contributed by atoms with van der Waals surface area (Å²) >= 11 is 1.27.